The second-order valence-electron chi connectivity index (χ2n) is 8.14. The number of aliphatic hydroxyl groups excluding tert-OH is 2. The van der Waals surface area contributed by atoms with E-state index >= 15 is 0 Å². The molecule has 8 nitrogen and oxygen atoms in total. The van der Waals surface area contributed by atoms with Crippen molar-refractivity contribution in [1.82, 2.24) is 0 Å². The lowest BCUT2D eigenvalue weighted by Crippen LogP contribution is -2.37. The maximum absolute atomic E-state index is 10.5. The van der Waals surface area contributed by atoms with E-state index in [1.54, 1.807) is 0 Å². The lowest BCUT2D eigenvalue weighted by atomic mass is 10.0. The fourth-order valence-electron chi connectivity index (χ4n) is 3.12. The molecule has 0 aliphatic rings. The van der Waals surface area contributed by atoms with Crippen LogP contribution in [0.5, 0.6) is 0 Å². The summed E-state index contributed by atoms with van der Waals surface area (Å²) in [6.45, 7) is 3.97. The van der Waals surface area contributed by atoms with Crippen LogP contribution in [0.15, 0.2) is 0 Å². The van der Waals surface area contributed by atoms with Crippen LogP contribution < -0.4 is 0 Å². The van der Waals surface area contributed by atoms with Crippen molar-refractivity contribution in [2.45, 2.75) is 109 Å². The van der Waals surface area contributed by atoms with Crippen LogP contribution in [0.3, 0.4) is 0 Å². The minimum atomic E-state index is -2.54. The number of aliphatic carboxylic acids is 1. The molecule has 0 aliphatic heterocycles. The summed E-state index contributed by atoms with van der Waals surface area (Å²) < 4.78 is 9.75. The molecule has 0 radical (unpaired) electrons. The van der Waals surface area contributed by atoms with Gasteiger partial charge in [0.2, 0.25) is 0 Å². The van der Waals surface area contributed by atoms with Crippen molar-refractivity contribution >= 4 is 5.97 Å². The van der Waals surface area contributed by atoms with E-state index in [0.717, 1.165) is 19.3 Å². The smallest absolute Gasteiger partial charge is 0.364 e. The van der Waals surface area contributed by atoms with E-state index in [1.165, 1.54) is 64.2 Å². The highest BCUT2D eigenvalue weighted by Gasteiger charge is 2.31. The first-order valence-corrected chi connectivity index (χ1v) is 12.5. The maximum Gasteiger partial charge on any atom is 0.364 e. The van der Waals surface area contributed by atoms with Gasteiger partial charge in [0.25, 0.3) is 5.79 Å². The van der Waals surface area contributed by atoms with Crippen molar-refractivity contribution in [3.8, 4) is 0 Å². The molecule has 0 rings (SSSR count). The summed E-state index contributed by atoms with van der Waals surface area (Å²) in [6.07, 6.45) is 17.0. The van der Waals surface area contributed by atoms with Gasteiger partial charge in [-0.2, -0.15) is 0 Å². The van der Waals surface area contributed by atoms with Crippen LogP contribution in [-0.2, 0) is 14.3 Å². The zero-order valence-corrected chi connectivity index (χ0v) is 20.3. The van der Waals surface area contributed by atoms with E-state index in [0.29, 0.717) is 32.8 Å². The topological polar surface area (TPSA) is 137 Å². The Hall–Kier alpha value is -0.770. The van der Waals surface area contributed by atoms with Gasteiger partial charge in [-0.05, 0) is 6.42 Å². The number of carbonyl (C=O) groups is 1. The lowest BCUT2D eigenvalue weighted by molar-refractivity contribution is -0.205. The van der Waals surface area contributed by atoms with Gasteiger partial charge in [-0.3, -0.25) is 0 Å². The Balaban J connectivity index is 0. The van der Waals surface area contributed by atoms with Crippen molar-refractivity contribution in [3.05, 3.63) is 0 Å². The molecule has 0 spiro atoms. The highest BCUT2D eigenvalue weighted by atomic mass is 16.5. The van der Waals surface area contributed by atoms with Gasteiger partial charge in [-0.15, -0.1) is 0 Å². The third-order valence-electron chi connectivity index (χ3n) is 5.06. The SMILES string of the molecule is CCCCCCCCCCCCCCCCC(O)(O)C(=O)O.OCCOCCOCCO. The van der Waals surface area contributed by atoms with E-state index in [1.807, 2.05) is 0 Å². The highest BCUT2D eigenvalue weighted by molar-refractivity contribution is 5.74. The van der Waals surface area contributed by atoms with Crippen molar-refractivity contribution in [3.63, 3.8) is 0 Å². The number of ether oxygens (including phenoxy) is 2. The average molecular weight is 467 g/mol. The Morgan fingerprint density at radius 1 is 0.625 bits per heavy atom. The molecule has 0 saturated carbocycles. The quantitative estimate of drug-likeness (QED) is 0.114. The van der Waals surface area contributed by atoms with E-state index in [2.05, 4.69) is 6.92 Å². The molecule has 5 N–H and O–H groups in total. The van der Waals surface area contributed by atoms with Crippen LogP contribution in [0, 0.1) is 0 Å². The van der Waals surface area contributed by atoms with Gasteiger partial charge in [0.05, 0.1) is 39.6 Å². The van der Waals surface area contributed by atoms with Crippen LogP contribution >= 0.6 is 0 Å². The highest BCUT2D eigenvalue weighted by Crippen LogP contribution is 2.16. The van der Waals surface area contributed by atoms with Crippen LogP contribution in [0.1, 0.15) is 103 Å². The van der Waals surface area contributed by atoms with E-state index in [-0.39, 0.29) is 19.6 Å². The zero-order chi connectivity index (χ0) is 24.3. The number of hydrogen-bond donors (Lipinski definition) is 5. The Bertz CT molecular complexity index is 369. The number of carboxylic acids is 1. The van der Waals surface area contributed by atoms with Gasteiger partial charge in [-0.1, -0.05) is 90.4 Å². The molecule has 0 amide bonds. The monoisotopic (exact) mass is 466 g/mol. The number of rotatable bonds is 23. The van der Waals surface area contributed by atoms with Crippen molar-refractivity contribution in [1.29, 1.82) is 0 Å². The first-order valence-electron chi connectivity index (χ1n) is 12.5. The third-order valence-corrected chi connectivity index (χ3v) is 5.06. The summed E-state index contributed by atoms with van der Waals surface area (Å²) in [6, 6.07) is 0. The number of hydrogen-bond acceptors (Lipinski definition) is 7. The van der Waals surface area contributed by atoms with Crippen molar-refractivity contribution in [2.75, 3.05) is 39.6 Å². The van der Waals surface area contributed by atoms with Crippen LogP contribution in [-0.4, -0.2) is 76.9 Å². The normalized spacial score (nSPS) is 11.3. The molecule has 0 aromatic heterocycles. The zero-order valence-electron chi connectivity index (χ0n) is 20.3. The molecule has 0 aromatic rings. The van der Waals surface area contributed by atoms with E-state index in [9.17, 15) is 4.79 Å². The lowest BCUT2D eigenvalue weighted by Gasteiger charge is -2.15. The predicted octanol–water partition coefficient (Wildman–Crippen LogP) is 3.63. The van der Waals surface area contributed by atoms with Crippen LogP contribution in [0.2, 0.25) is 0 Å². The molecule has 0 unspecified atom stereocenters. The molecule has 0 aromatic carbocycles. The number of unbranched alkanes of at least 4 members (excludes halogenated alkanes) is 13. The molecule has 8 heteroatoms. The second kappa shape index (κ2) is 26.5. The molecular weight excluding hydrogens is 416 g/mol. The summed E-state index contributed by atoms with van der Waals surface area (Å²) in [5, 5.41) is 43.3. The standard InChI is InChI=1S/C18H36O4.C6H14O4/c1-2-3-4-5-6-7-8-9-10-11-12-13-14-15-16-18(21,22)17(19)20;7-1-3-9-5-6-10-4-2-8/h21-22H,2-16H2,1H3,(H,19,20);7-8H,1-6H2. The Labute approximate surface area is 194 Å². The van der Waals surface area contributed by atoms with Gasteiger partial charge >= 0.3 is 5.97 Å². The number of aliphatic hydroxyl groups is 4. The van der Waals surface area contributed by atoms with E-state index in [4.69, 9.17) is 35.0 Å². The first kappa shape index (κ1) is 33.4. The molecular formula is C24H50O8. The molecule has 194 valence electrons. The molecule has 0 saturated heterocycles. The van der Waals surface area contributed by atoms with Crippen LogP contribution in [0.25, 0.3) is 0 Å². The molecule has 0 fully saturated rings. The van der Waals surface area contributed by atoms with Gasteiger partial charge in [0.15, 0.2) is 0 Å². The van der Waals surface area contributed by atoms with Crippen molar-refractivity contribution in [2.24, 2.45) is 0 Å². The molecule has 0 bridgehead atoms. The van der Waals surface area contributed by atoms with Crippen molar-refractivity contribution < 1.29 is 39.8 Å². The fourth-order valence-corrected chi connectivity index (χ4v) is 3.12. The fraction of sp³-hybridized carbons (Fsp3) is 0.958. The largest absolute Gasteiger partial charge is 0.477 e. The summed E-state index contributed by atoms with van der Waals surface area (Å²) in [4.78, 5) is 10.5. The number of carboxylic acid groups (broad SMARTS) is 1. The minimum absolute atomic E-state index is 0.0417. The summed E-state index contributed by atoms with van der Waals surface area (Å²) in [7, 11) is 0. The Morgan fingerprint density at radius 2 is 0.969 bits per heavy atom. The van der Waals surface area contributed by atoms with Crippen LogP contribution in [0.4, 0.5) is 0 Å². The minimum Gasteiger partial charge on any atom is -0.477 e. The Kier molecular flexibility index (Phi) is 27.6. The molecule has 32 heavy (non-hydrogen) atoms. The van der Waals surface area contributed by atoms with Gasteiger partial charge < -0.3 is 35.0 Å². The van der Waals surface area contributed by atoms with Gasteiger partial charge in [-0.25, -0.2) is 4.79 Å². The Morgan fingerprint density at radius 3 is 1.28 bits per heavy atom. The van der Waals surface area contributed by atoms with E-state index < -0.39 is 11.8 Å². The van der Waals surface area contributed by atoms with Gasteiger partial charge in [0, 0.05) is 6.42 Å². The summed E-state index contributed by atoms with van der Waals surface area (Å²) in [5.41, 5.74) is 0. The van der Waals surface area contributed by atoms with Gasteiger partial charge in [0.1, 0.15) is 0 Å². The molecule has 0 aliphatic carbocycles. The summed E-state index contributed by atoms with van der Waals surface area (Å²) >= 11 is 0. The average Bonchev–Trinajstić information content (AvgIpc) is 2.76. The maximum atomic E-state index is 10.5. The third kappa shape index (κ3) is 27.3. The summed E-state index contributed by atoms with van der Waals surface area (Å²) in [5.74, 6) is -4.10. The molecule has 0 heterocycles. The first-order chi connectivity index (χ1) is 15.4. The second-order valence-corrected chi connectivity index (χ2v) is 8.14. The predicted molar refractivity (Wildman–Crippen MR) is 126 cm³/mol. The molecule has 0 atom stereocenters.